The van der Waals surface area contributed by atoms with Gasteiger partial charge in [0.25, 0.3) is 0 Å². The molecule has 0 bridgehead atoms. The van der Waals surface area contributed by atoms with Crippen LogP contribution in [0.25, 0.3) is 0 Å². The van der Waals surface area contributed by atoms with Gasteiger partial charge >= 0.3 is 0 Å². The van der Waals surface area contributed by atoms with Crippen LogP contribution in [0.5, 0.6) is 0 Å². The van der Waals surface area contributed by atoms with Crippen LogP contribution in [0.2, 0.25) is 0 Å². The second kappa shape index (κ2) is 5.12. The fourth-order valence-electron chi connectivity index (χ4n) is 1.96. The normalized spacial score (nSPS) is 19.7. The number of amides is 1. The van der Waals surface area contributed by atoms with Crippen LogP contribution in [0.15, 0.2) is 24.3 Å². The molecule has 1 aromatic carbocycles. The highest BCUT2D eigenvalue weighted by atomic mass is 16.2. The molecule has 2 N–H and O–H groups in total. The van der Waals surface area contributed by atoms with Gasteiger partial charge < -0.3 is 10.6 Å². The van der Waals surface area contributed by atoms with Crippen molar-refractivity contribution >= 4 is 11.6 Å². The van der Waals surface area contributed by atoms with Gasteiger partial charge in [-0.1, -0.05) is 19.1 Å². The zero-order valence-electron chi connectivity index (χ0n) is 9.62. The summed E-state index contributed by atoms with van der Waals surface area (Å²) in [6, 6.07) is 8.03. The third-order valence-electron chi connectivity index (χ3n) is 3.01. The zero-order chi connectivity index (χ0) is 11.4. The zero-order valence-corrected chi connectivity index (χ0v) is 9.62. The summed E-state index contributed by atoms with van der Waals surface area (Å²) in [6.07, 6.45) is 3.06. The molecule has 1 saturated heterocycles. The molecule has 0 aliphatic carbocycles. The molecule has 2 rings (SSSR count). The van der Waals surface area contributed by atoms with Crippen molar-refractivity contribution < 1.29 is 4.79 Å². The molecule has 0 saturated carbocycles. The first-order valence-corrected chi connectivity index (χ1v) is 5.93. The minimum Gasteiger partial charge on any atom is -0.325 e. The van der Waals surface area contributed by atoms with Gasteiger partial charge in [0.1, 0.15) is 0 Å². The number of hydrogen-bond donors (Lipinski definition) is 2. The molecule has 0 radical (unpaired) electrons. The van der Waals surface area contributed by atoms with Crippen molar-refractivity contribution in [2.24, 2.45) is 0 Å². The van der Waals surface area contributed by atoms with E-state index >= 15 is 0 Å². The Morgan fingerprint density at radius 2 is 2.19 bits per heavy atom. The Hall–Kier alpha value is -1.35. The lowest BCUT2D eigenvalue weighted by Gasteiger charge is -2.11. The Bertz CT molecular complexity index is 353. The van der Waals surface area contributed by atoms with Crippen LogP contribution in [-0.2, 0) is 11.2 Å². The first-order valence-electron chi connectivity index (χ1n) is 5.93. The number of rotatable bonds is 3. The maximum atomic E-state index is 11.8. The van der Waals surface area contributed by atoms with Crippen LogP contribution in [-0.4, -0.2) is 18.5 Å². The molecule has 1 amide bonds. The monoisotopic (exact) mass is 218 g/mol. The largest absolute Gasteiger partial charge is 0.325 e. The maximum absolute atomic E-state index is 11.8. The summed E-state index contributed by atoms with van der Waals surface area (Å²) in [5, 5.41) is 6.12. The number of hydrogen-bond acceptors (Lipinski definition) is 2. The van der Waals surface area contributed by atoms with E-state index in [4.69, 9.17) is 0 Å². The molecular formula is C13H18N2O. The van der Waals surface area contributed by atoms with Crippen LogP contribution >= 0.6 is 0 Å². The predicted molar refractivity (Wildman–Crippen MR) is 65.5 cm³/mol. The Labute approximate surface area is 96.2 Å². The molecule has 3 nitrogen and oxygen atoms in total. The third kappa shape index (κ3) is 2.61. The summed E-state index contributed by atoms with van der Waals surface area (Å²) in [7, 11) is 0. The predicted octanol–water partition coefficient (Wildman–Crippen LogP) is 1.94. The summed E-state index contributed by atoms with van der Waals surface area (Å²) in [4.78, 5) is 11.8. The van der Waals surface area contributed by atoms with E-state index in [-0.39, 0.29) is 11.9 Å². The minimum absolute atomic E-state index is 0.00847. The van der Waals surface area contributed by atoms with Crippen LogP contribution in [0, 0.1) is 0 Å². The fourth-order valence-corrected chi connectivity index (χ4v) is 1.96. The summed E-state index contributed by atoms with van der Waals surface area (Å²) in [5.41, 5.74) is 2.17. The molecule has 1 aliphatic rings. The van der Waals surface area contributed by atoms with Gasteiger partial charge in [0, 0.05) is 5.69 Å². The number of anilines is 1. The molecule has 1 fully saturated rings. The number of nitrogens with one attached hydrogen (secondary N) is 2. The van der Waals surface area contributed by atoms with Gasteiger partial charge in [-0.3, -0.25) is 4.79 Å². The van der Waals surface area contributed by atoms with E-state index in [2.05, 4.69) is 29.7 Å². The van der Waals surface area contributed by atoms with E-state index < -0.39 is 0 Å². The summed E-state index contributed by atoms with van der Waals surface area (Å²) >= 11 is 0. The Balaban J connectivity index is 1.94. The van der Waals surface area contributed by atoms with Crippen LogP contribution in [0.4, 0.5) is 5.69 Å². The number of carbonyl (C=O) groups excluding carboxylic acids is 1. The van der Waals surface area contributed by atoms with Crippen molar-refractivity contribution in [3.8, 4) is 0 Å². The van der Waals surface area contributed by atoms with Crippen molar-refractivity contribution in [2.45, 2.75) is 32.2 Å². The minimum atomic E-state index is -0.00847. The smallest absolute Gasteiger partial charge is 0.241 e. The summed E-state index contributed by atoms with van der Waals surface area (Å²) in [6.45, 7) is 3.07. The van der Waals surface area contributed by atoms with Gasteiger partial charge in [0.05, 0.1) is 6.04 Å². The molecule has 0 aromatic heterocycles. The van der Waals surface area contributed by atoms with Crippen molar-refractivity contribution in [1.82, 2.24) is 5.32 Å². The summed E-state index contributed by atoms with van der Waals surface area (Å²) < 4.78 is 0. The van der Waals surface area contributed by atoms with Gasteiger partial charge in [0.15, 0.2) is 0 Å². The lowest BCUT2D eigenvalue weighted by atomic mass is 10.1. The van der Waals surface area contributed by atoms with E-state index in [1.165, 1.54) is 5.56 Å². The van der Waals surface area contributed by atoms with Crippen molar-refractivity contribution in [2.75, 3.05) is 11.9 Å². The molecule has 0 spiro atoms. The second-order valence-electron chi connectivity index (χ2n) is 4.19. The average molecular weight is 218 g/mol. The first-order chi connectivity index (χ1) is 7.79. The fraction of sp³-hybridized carbons (Fsp3) is 0.462. The lowest BCUT2D eigenvalue weighted by molar-refractivity contribution is -0.117. The van der Waals surface area contributed by atoms with E-state index in [0.717, 1.165) is 31.5 Å². The Kier molecular flexibility index (Phi) is 3.57. The molecule has 1 heterocycles. The Morgan fingerprint density at radius 1 is 1.44 bits per heavy atom. The van der Waals surface area contributed by atoms with Gasteiger partial charge in [-0.15, -0.1) is 0 Å². The number of benzene rings is 1. The maximum Gasteiger partial charge on any atom is 0.241 e. The highest BCUT2D eigenvalue weighted by molar-refractivity contribution is 5.95. The van der Waals surface area contributed by atoms with E-state index in [9.17, 15) is 4.79 Å². The lowest BCUT2D eigenvalue weighted by Crippen LogP contribution is -2.35. The molecule has 1 aliphatic heterocycles. The topological polar surface area (TPSA) is 41.1 Å². The standard InChI is InChI=1S/C13H18N2O/c1-2-10-5-7-11(8-6-10)15-13(16)12-4-3-9-14-12/h5-8,12,14H,2-4,9H2,1H3,(H,15,16). The molecule has 1 atom stereocenters. The highest BCUT2D eigenvalue weighted by Gasteiger charge is 2.21. The van der Waals surface area contributed by atoms with Gasteiger partial charge in [-0.2, -0.15) is 0 Å². The second-order valence-corrected chi connectivity index (χ2v) is 4.19. The van der Waals surface area contributed by atoms with E-state index in [1.807, 2.05) is 12.1 Å². The van der Waals surface area contributed by atoms with Gasteiger partial charge in [0.2, 0.25) is 5.91 Å². The number of carbonyl (C=O) groups is 1. The molecule has 86 valence electrons. The molecule has 3 heteroatoms. The molecule has 16 heavy (non-hydrogen) atoms. The van der Waals surface area contributed by atoms with E-state index in [1.54, 1.807) is 0 Å². The SMILES string of the molecule is CCc1ccc(NC(=O)C2CCCN2)cc1. The van der Waals surface area contributed by atoms with Crippen LogP contribution < -0.4 is 10.6 Å². The average Bonchev–Trinajstić information content (AvgIpc) is 2.83. The molecule has 1 unspecified atom stereocenters. The quantitative estimate of drug-likeness (QED) is 0.814. The molecular weight excluding hydrogens is 200 g/mol. The Morgan fingerprint density at radius 3 is 2.75 bits per heavy atom. The van der Waals surface area contributed by atoms with Crippen molar-refractivity contribution in [3.63, 3.8) is 0 Å². The van der Waals surface area contributed by atoms with E-state index in [0.29, 0.717) is 0 Å². The van der Waals surface area contributed by atoms with Crippen LogP contribution in [0.1, 0.15) is 25.3 Å². The van der Waals surface area contributed by atoms with Crippen LogP contribution in [0.3, 0.4) is 0 Å². The highest BCUT2D eigenvalue weighted by Crippen LogP contribution is 2.12. The molecule has 1 aromatic rings. The first kappa shape index (κ1) is 11.1. The summed E-state index contributed by atoms with van der Waals surface area (Å²) in [5.74, 6) is 0.0850. The van der Waals surface area contributed by atoms with Gasteiger partial charge in [-0.05, 0) is 43.5 Å². The number of aryl methyl sites for hydroxylation is 1. The van der Waals surface area contributed by atoms with Crippen molar-refractivity contribution in [3.05, 3.63) is 29.8 Å². The third-order valence-corrected chi connectivity index (χ3v) is 3.01. The van der Waals surface area contributed by atoms with Crippen molar-refractivity contribution in [1.29, 1.82) is 0 Å². The van der Waals surface area contributed by atoms with Gasteiger partial charge in [-0.25, -0.2) is 0 Å².